The van der Waals surface area contributed by atoms with Crippen molar-refractivity contribution in [2.75, 3.05) is 0 Å². The van der Waals surface area contributed by atoms with E-state index >= 15 is 0 Å². The number of rotatable bonds is 15. The molecule has 0 fully saturated rings. The maximum absolute atomic E-state index is 13.9. The van der Waals surface area contributed by atoms with Crippen molar-refractivity contribution >= 4 is 34.6 Å². The van der Waals surface area contributed by atoms with Gasteiger partial charge in [0.1, 0.15) is 23.9 Å². The van der Waals surface area contributed by atoms with Crippen LogP contribution in [0.15, 0.2) is 85.1 Å². The van der Waals surface area contributed by atoms with Crippen LogP contribution < -0.4 is 21.7 Å². The zero-order valence-electron chi connectivity index (χ0n) is 25.9. The second-order valence-corrected chi connectivity index (χ2v) is 11.9. The quantitative estimate of drug-likeness (QED) is 0.106. The molecule has 0 spiro atoms. The second-order valence-electron chi connectivity index (χ2n) is 11.9. The van der Waals surface area contributed by atoms with Gasteiger partial charge in [0.25, 0.3) is 0 Å². The highest BCUT2D eigenvalue weighted by atomic mass is 16.4. The fourth-order valence-corrected chi connectivity index (χ4v) is 5.28. The number of hydrogen-bond donors (Lipinski definition) is 7. The van der Waals surface area contributed by atoms with Gasteiger partial charge >= 0.3 is 5.97 Å². The third kappa shape index (κ3) is 9.42. The van der Waals surface area contributed by atoms with Crippen LogP contribution in [0.1, 0.15) is 37.0 Å². The average Bonchev–Trinajstić information content (AvgIpc) is 3.43. The van der Waals surface area contributed by atoms with E-state index in [0.717, 1.165) is 22.0 Å². The number of carbonyl (C=O) groups is 4. The van der Waals surface area contributed by atoms with Crippen LogP contribution in [-0.2, 0) is 38.4 Å². The number of aliphatic carboxylic acids is 1. The number of fused-ring (bicyclic) bond motifs is 1. The number of aromatic nitrogens is 1. The number of H-pyrrole nitrogens is 1. The number of phenolic OH excluding ortho intramolecular Hbond substituents is 1. The van der Waals surface area contributed by atoms with Crippen LogP contribution in [0.3, 0.4) is 0 Å². The predicted molar refractivity (Wildman–Crippen MR) is 175 cm³/mol. The Morgan fingerprint density at radius 3 is 1.93 bits per heavy atom. The Labute approximate surface area is 267 Å². The third-order valence-electron chi connectivity index (χ3n) is 7.70. The van der Waals surface area contributed by atoms with Gasteiger partial charge in [0.05, 0.1) is 6.04 Å². The van der Waals surface area contributed by atoms with E-state index in [1.165, 1.54) is 12.1 Å². The Morgan fingerprint density at radius 1 is 0.717 bits per heavy atom. The normalized spacial score (nSPS) is 13.8. The minimum atomic E-state index is -1.18. The van der Waals surface area contributed by atoms with Crippen LogP contribution >= 0.6 is 0 Å². The zero-order chi connectivity index (χ0) is 33.2. The summed E-state index contributed by atoms with van der Waals surface area (Å²) >= 11 is 0. The number of carbonyl (C=O) groups excluding carboxylic acids is 3. The highest BCUT2D eigenvalue weighted by molar-refractivity contribution is 5.95. The smallest absolute Gasteiger partial charge is 0.326 e. The molecule has 4 aromatic rings. The van der Waals surface area contributed by atoms with E-state index in [1.54, 1.807) is 18.3 Å². The first kappa shape index (κ1) is 33.7. The van der Waals surface area contributed by atoms with Crippen molar-refractivity contribution in [2.45, 2.75) is 63.7 Å². The van der Waals surface area contributed by atoms with Crippen molar-refractivity contribution in [3.63, 3.8) is 0 Å². The lowest BCUT2D eigenvalue weighted by atomic mass is 10.00. The average molecular weight is 628 g/mol. The first-order valence-corrected chi connectivity index (χ1v) is 15.3. The molecule has 0 aliphatic heterocycles. The Kier molecular flexibility index (Phi) is 11.5. The molecular formula is C35H41N5O6. The Morgan fingerprint density at radius 2 is 1.28 bits per heavy atom. The van der Waals surface area contributed by atoms with Crippen LogP contribution in [0.4, 0.5) is 0 Å². The highest BCUT2D eigenvalue weighted by Gasteiger charge is 2.31. The van der Waals surface area contributed by atoms with Gasteiger partial charge < -0.3 is 36.9 Å². The third-order valence-corrected chi connectivity index (χ3v) is 7.70. The molecule has 8 N–H and O–H groups in total. The number of aromatic amines is 1. The monoisotopic (exact) mass is 627 g/mol. The molecule has 11 nitrogen and oxygen atoms in total. The molecule has 46 heavy (non-hydrogen) atoms. The second kappa shape index (κ2) is 15.7. The van der Waals surface area contributed by atoms with Gasteiger partial charge in [0.15, 0.2) is 0 Å². The summed E-state index contributed by atoms with van der Waals surface area (Å²) in [5.41, 5.74) is 9.32. The number of nitrogens with one attached hydrogen (secondary N) is 4. The van der Waals surface area contributed by atoms with E-state index in [1.807, 2.05) is 68.4 Å². The molecular weight excluding hydrogens is 586 g/mol. The molecule has 0 saturated carbocycles. The number of carboxylic acid groups (broad SMARTS) is 1. The fourth-order valence-electron chi connectivity index (χ4n) is 5.28. The lowest BCUT2D eigenvalue weighted by Crippen LogP contribution is -2.58. The summed E-state index contributed by atoms with van der Waals surface area (Å²) in [4.78, 5) is 56.0. The lowest BCUT2D eigenvalue weighted by Gasteiger charge is -2.26. The number of aromatic hydroxyl groups is 1. The van der Waals surface area contributed by atoms with E-state index in [4.69, 9.17) is 5.73 Å². The fraction of sp³-hybridized carbons (Fsp3) is 0.314. The first-order chi connectivity index (χ1) is 22.0. The standard InChI is InChI=1S/C35H41N5O6/c1-21(2)16-31(35(45)46)40-34(44)30(19-24-20-37-28-11-7-6-10-26(24)28)39-33(43)29(18-23-12-14-25(41)15-13-23)38-32(42)27(36)17-22-8-4-3-5-9-22/h3-15,20-21,27,29-31,37,41H,16-19,36H2,1-2H3,(H,38,42)(H,39,43)(H,40,44)(H,45,46). The molecule has 3 amide bonds. The molecule has 0 saturated heterocycles. The van der Waals surface area contributed by atoms with Gasteiger partial charge in [-0.25, -0.2) is 4.79 Å². The molecule has 4 atom stereocenters. The molecule has 0 bridgehead atoms. The molecule has 0 radical (unpaired) electrons. The number of carboxylic acids is 1. The van der Waals surface area contributed by atoms with Gasteiger partial charge in [0.2, 0.25) is 17.7 Å². The molecule has 4 rings (SSSR count). The Bertz CT molecular complexity index is 1640. The van der Waals surface area contributed by atoms with E-state index in [2.05, 4.69) is 20.9 Å². The van der Waals surface area contributed by atoms with Crippen molar-refractivity contribution in [1.82, 2.24) is 20.9 Å². The summed E-state index contributed by atoms with van der Waals surface area (Å²) in [6, 6.07) is 18.6. The van der Waals surface area contributed by atoms with Crippen LogP contribution in [0.2, 0.25) is 0 Å². The van der Waals surface area contributed by atoms with E-state index in [9.17, 15) is 29.4 Å². The van der Waals surface area contributed by atoms with Gasteiger partial charge in [-0.3, -0.25) is 14.4 Å². The molecule has 0 aliphatic carbocycles. The zero-order valence-corrected chi connectivity index (χ0v) is 25.9. The van der Waals surface area contributed by atoms with Gasteiger partial charge in [-0.1, -0.05) is 74.5 Å². The number of phenols is 1. The minimum Gasteiger partial charge on any atom is -0.508 e. The molecule has 1 aromatic heterocycles. The van der Waals surface area contributed by atoms with E-state index in [-0.39, 0.29) is 37.4 Å². The van der Waals surface area contributed by atoms with Crippen LogP contribution in [0.5, 0.6) is 5.75 Å². The molecule has 1 heterocycles. The summed E-state index contributed by atoms with van der Waals surface area (Å²) < 4.78 is 0. The maximum atomic E-state index is 13.9. The van der Waals surface area contributed by atoms with E-state index < -0.39 is 47.9 Å². The van der Waals surface area contributed by atoms with Crippen molar-refractivity contribution in [3.8, 4) is 5.75 Å². The van der Waals surface area contributed by atoms with Crippen molar-refractivity contribution in [2.24, 2.45) is 11.7 Å². The maximum Gasteiger partial charge on any atom is 0.326 e. The molecule has 11 heteroatoms. The lowest BCUT2D eigenvalue weighted by molar-refractivity contribution is -0.142. The minimum absolute atomic E-state index is 0.00643. The SMILES string of the molecule is CC(C)CC(NC(=O)C(Cc1c[nH]c2ccccc12)NC(=O)C(Cc1ccc(O)cc1)NC(=O)C(N)Cc1ccccc1)C(=O)O. The molecule has 242 valence electrons. The largest absolute Gasteiger partial charge is 0.508 e. The Hall–Kier alpha value is -5.16. The van der Waals surface area contributed by atoms with E-state index in [0.29, 0.717) is 5.56 Å². The predicted octanol–water partition coefficient (Wildman–Crippen LogP) is 2.81. The van der Waals surface area contributed by atoms with Crippen LogP contribution in [-0.4, -0.2) is 63.1 Å². The van der Waals surface area contributed by atoms with Crippen LogP contribution in [0, 0.1) is 5.92 Å². The summed E-state index contributed by atoms with van der Waals surface area (Å²) in [5.74, 6) is -3.00. The first-order valence-electron chi connectivity index (χ1n) is 15.3. The van der Waals surface area contributed by atoms with Gasteiger partial charge in [-0.15, -0.1) is 0 Å². The van der Waals surface area contributed by atoms with Gasteiger partial charge in [-0.05, 0) is 53.6 Å². The molecule has 3 aromatic carbocycles. The molecule has 4 unspecified atom stereocenters. The topological polar surface area (TPSA) is 187 Å². The highest BCUT2D eigenvalue weighted by Crippen LogP contribution is 2.20. The number of benzene rings is 3. The number of hydrogen-bond acceptors (Lipinski definition) is 6. The summed E-state index contributed by atoms with van der Waals surface area (Å²) in [6.45, 7) is 3.71. The summed E-state index contributed by atoms with van der Waals surface area (Å²) in [6.07, 6.45) is 2.30. The van der Waals surface area contributed by atoms with Crippen LogP contribution in [0.25, 0.3) is 10.9 Å². The molecule has 0 aliphatic rings. The number of nitrogens with two attached hydrogens (primary N) is 1. The summed E-state index contributed by atoms with van der Waals surface area (Å²) in [7, 11) is 0. The van der Waals surface area contributed by atoms with Crippen molar-refractivity contribution < 1.29 is 29.4 Å². The van der Waals surface area contributed by atoms with Crippen molar-refractivity contribution in [3.05, 3.63) is 102 Å². The number of amides is 3. The summed E-state index contributed by atoms with van der Waals surface area (Å²) in [5, 5.41) is 28.5. The van der Waals surface area contributed by atoms with Gasteiger partial charge in [0, 0.05) is 29.9 Å². The Balaban J connectivity index is 1.59. The number of para-hydroxylation sites is 1. The van der Waals surface area contributed by atoms with Crippen molar-refractivity contribution in [1.29, 1.82) is 0 Å². The van der Waals surface area contributed by atoms with Gasteiger partial charge in [-0.2, -0.15) is 0 Å².